The molecule has 33 heavy (non-hydrogen) atoms. The Morgan fingerprint density at radius 2 is 2.09 bits per heavy atom. The van der Waals surface area contributed by atoms with Crippen LogP contribution < -0.4 is 10.2 Å². The second-order valence-electron chi connectivity index (χ2n) is 7.98. The predicted molar refractivity (Wildman–Crippen MR) is 116 cm³/mol. The van der Waals surface area contributed by atoms with Gasteiger partial charge in [0.2, 0.25) is 0 Å². The van der Waals surface area contributed by atoms with E-state index in [9.17, 15) is 9.18 Å². The molecule has 1 aromatic heterocycles. The van der Waals surface area contributed by atoms with Crippen molar-refractivity contribution in [3.05, 3.63) is 65.6 Å². The van der Waals surface area contributed by atoms with Crippen molar-refractivity contribution in [1.82, 2.24) is 10.4 Å². The van der Waals surface area contributed by atoms with E-state index in [0.717, 1.165) is 11.3 Å². The summed E-state index contributed by atoms with van der Waals surface area (Å²) in [6.07, 6.45) is -1.40. The topological polar surface area (TPSA) is 107 Å². The van der Waals surface area contributed by atoms with Gasteiger partial charge in [-0.3, -0.25) is 4.79 Å². The molecule has 3 aliphatic rings. The summed E-state index contributed by atoms with van der Waals surface area (Å²) in [6, 6.07) is 13.3. The lowest BCUT2D eigenvalue weighted by Gasteiger charge is -2.30. The number of aromatic amines is 1. The molecule has 3 aliphatic heterocycles. The van der Waals surface area contributed by atoms with Crippen LogP contribution in [0.5, 0.6) is 5.75 Å². The van der Waals surface area contributed by atoms with Gasteiger partial charge in [0.1, 0.15) is 29.1 Å². The highest BCUT2D eigenvalue weighted by molar-refractivity contribution is 6.17. The van der Waals surface area contributed by atoms with Crippen LogP contribution in [0.25, 0.3) is 10.9 Å². The summed E-state index contributed by atoms with van der Waals surface area (Å²) < 4.78 is 30.3. The lowest BCUT2D eigenvalue weighted by atomic mass is 9.84. The number of H-pyrrole nitrogens is 1. The van der Waals surface area contributed by atoms with Gasteiger partial charge in [0.05, 0.1) is 25.3 Å². The molecule has 4 heterocycles. The van der Waals surface area contributed by atoms with Gasteiger partial charge in [-0.15, -0.1) is 0 Å². The number of halogens is 1. The number of oxime groups is 1. The van der Waals surface area contributed by atoms with Crippen LogP contribution in [0.4, 0.5) is 4.39 Å². The molecule has 2 bridgehead atoms. The van der Waals surface area contributed by atoms with Gasteiger partial charge < -0.3 is 24.0 Å². The van der Waals surface area contributed by atoms with Crippen LogP contribution in [-0.4, -0.2) is 54.5 Å². The molecule has 6 rings (SSSR count). The van der Waals surface area contributed by atoms with E-state index in [1.54, 1.807) is 19.2 Å². The number of methoxy groups -OCH3 is 1. The molecule has 2 fully saturated rings. The predicted octanol–water partition coefficient (Wildman–Crippen LogP) is 2.58. The molecule has 9 nitrogen and oxygen atoms in total. The Kier molecular flexibility index (Phi) is 4.63. The summed E-state index contributed by atoms with van der Waals surface area (Å²) >= 11 is 0. The molecule has 0 aliphatic carbocycles. The molecule has 3 aromatic rings. The zero-order valence-corrected chi connectivity index (χ0v) is 17.4. The number of ether oxygens (including phenoxy) is 3. The third-order valence-corrected chi connectivity index (χ3v) is 6.03. The number of carbonyl (C=O) groups excluding carboxylic acids is 1. The fourth-order valence-corrected chi connectivity index (χ4v) is 4.39. The fraction of sp³-hybridized carbons (Fsp3) is 0.261. The molecule has 10 heteroatoms. The van der Waals surface area contributed by atoms with Crippen molar-refractivity contribution in [2.24, 2.45) is 16.2 Å². The number of nitrogens with zero attached hydrogens (tertiary/aromatic N) is 2. The normalized spacial score (nSPS) is 26.7. The first-order valence-electron chi connectivity index (χ1n) is 10.4. The zero-order chi connectivity index (χ0) is 22.5. The lowest BCUT2D eigenvalue weighted by Crippen LogP contribution is -2.49. The highest BCUT2D eigenvalue weighted by atomic mass is 19.1. The summed E-state index contributed by atoms with van der Waals surface area (Å²) in [6.45, 7) is 0.345. The van der Waals surface area contributed by atoms with E-state index in [1.165, 1.54) is 12.1 Å². The molecular weight excluding hydrogens is 431 g/mol. The summed E-state index contributed by atoms with van der Waals surface area (Å²) in [7, 11) is 1.60. The number of hydrazone groups is 1. The van der Waals surface area contributed by atoms with E-state index < -0.39 is 18.3 Å². The van der Waals surface area contributed by atoms with Gasteiger partial charge in [-0.25, -0.2) is 9.82 Å². The first-order chi connectivity index (χ1) is 16.1. The average Bonchev–Trinajstić information content (AvgIpc) is 3.56. The molecule has 0 radical (unpaired) electrons. The third kappa shape index (κ3) is 3.35. The number of hydrogen-bond acceptors (Lipinski definition) is 7. The van der Waals surface area contributed by atoms with E-state index in [1.807, 2.05) is 24.3 Å². The van der Waals surface area contributed by atoms with E-state index in [2.05, 4.69) is 20.7 Å². The molecule has 1 amide bonds. The number of rotatable bonds is 4. The number of hydrogen-bond donors (Lipinski definition) is 2. The van der Waals surface area contributed by atoms with E-state index in [4.69, 9.17) is 19.0 Å². The molecule has 0 unspecified atom stereocenters. The van der Waals surface area contributed by atoms with Crippen molar-refractivity contribution in [1.29, 1.82) is 0 Å². The SMILES string of the molecule is COc1ccc(C2=NO[C@H]3[C@H]2/C(=N\NC(=O)c2cc4cc(F)ccc4[nH]2)[C@@H]2OC[C@H]3O2)cc1. The number of benzene rings is 2. The maximum Gasteiger partial charge on any atom is 0.287 e. The monoisotopic (exact) mass is 450 g/mol. The van der Waals surface area contributed by atoms with Crippen LogP contribution >= 0.6 is 0 Å². The van der Waals surface area contributed by atoms with Gasteiger partial charge in [-0.05, 0) is 48.5 Å². The highest BCUT2D eigenvalue weighted by Gasteiger charge is 2.55. The number of fused-ring (bicyclic) bond motifs is 5. The maximum absolute atomic E-state index is 13.5. The minimum Gasteiger partial charge on any atom is -0.497 e. The Bertz CT molecular complexity index is 1300. The van der Waals surface area contributed by atoms with E-state index in [-0.39, 0.29) is 23.5 Å². The molecule has 0 spiro atoms. The smallest absolute Gasteiger partial charge is 0.287 e. The van der Waals surface area contributed by atoms with Gasteiger partial charge in [0.25, 0.3) is 5.91 Å². The molecule has 2 N–H and O–H groups in total. The fourth-order valence-electron chi connectivity index (χ4n) is 4.39. The second kappa shape index (κ2) is 7.68. The standard InChI is InChI=1S/C23H19FN4O5/c1-30-14-5-2-11(3-6-14)19-18-20(23-31-10-17(32-23)21(18)33-28-19)26-27-22(29)16-9-12-8-13(24)4-7-15(12)25-16/h2-9,17-18,21,23,25H,10H2,1H3,(H,27,29)/b26-20+/t17-,18-,21-,23-/m1/s1. The molecule has 0 saturated carbocycles. The van der Waals surface area contributed by atoms with Gasteiger partial charge in [-0.1, -0.05) is 5.16 Å². The Morgan fingerprint density at radius 1 is 1.24 bits per heavy atom. The van der Waals surface area contributed by atoms with Crippen LogP contribution in [0.2, 0.25) is 0 Å². The average molecular weight is 450 g/mol. The highest BCUT2D eigenvalue weighted by Crippen LogP contribution is 2.38. The molecule has 4 atom stereocenters. The van der Waals surface area contributed by atoms with Crippen LogP contribution in [0.15, 0.2) is 58.8 Å². The molecular formula is C23H19FN4O5. The van der Waals surface area contributed by atoms with Crippen molar-refractivity contribution in [3.63, 3.8) is 0 Å². The molecule has 2 aromatic carbocycles. The van der Waals surface area contributed by atoms with Gasteiger partial charge >= 0.3 is 0 Å². The van der Waals surface area contributed by atoms with Crippen molar-refractivity contribution < 1.29 is 28.2 Å². The van der Waals surface area contributed by atoms with Gasteiger partial charge in [0, 0.05) is 16.5 Å². The van der Waals surface area contributed by atoms with Crippen molar-refractivity contribution in [3.8, 4) is 5.75 Å². The third-order valence-electron chi connectivity index (χ3n) is 6.03. The second-order valence-corrected chi connectivity index (χ2v) is 7.98. The first kappa shape index (κ1) is 19.9. The Hall–Kier alpha value is -3.76. The Labute approximate surface area is 187 Å². The summed E-state index contributed by atoms with van der Waals surface area (Å²) in [5.74, 6) is -0.470. The zero-order valence-electron chi connectivity index (χ0n) is 17.4. The minimum atomic E-state index is -0.710. The first-order valence-corrected chi connectivity index (χ1v) is 10.4. The van der Waals surface area contributed by atoms with Gasteiger partial charge in [-0.2, -0.15) is 5.10 Å². The summed E-state index contributed by atoms with van der Waals surface area (Å²) in [5, 5.41) is 9.26. The Morgan fingerprint density at radius 3 is 2.91 bits per heavy atom. The number of carbonyl (C=O) groups is 1. The molecule has 168 valence electrons. The largest absolute Gasteiger partial charge is 0.497 e. The maximum atomic E-state index is 13.5. The van der Waals surface area contributed by atoms with Crippen LogP contribution in [-0.2, 0) is 14.3 Å². The Balaban J connectivity index is 1.29. The lowest BCUT2D eigenvalue weighted by molar-refractivity contribution is -0.0812. The number of amides is 1. The summed E-state index contributed by atoms with van der Waals surface area (Å²) in [5.41, 5.74) is 5.46. The van der Waals surface area contributed by atoms with Crippen molar-refractivity contribution >= 4 is 28.2 Å². The van der Waals surface area contributed by atoms with Crippen LogP contribution in [0, 0.1) is 11.7 Å². The van der Waals surface area contributed by atoms with Crippen molar-refractivity contribution in [2.75, 3.05) is 13.7 Å². The quantitative estimate of drug-likeness (QED) is 0.595. The van der Waals surface area contributed by atoms with Gasteiger partial charge in [0.15, 0.2) is 12.4 Å². The van der Waals surface area contributed by atoms with Crippen LogP contribution in [0.3, 0.4) is 0 Å². The number of aromatic nitrogens is 1. The number of nitrogens with one attached hydrogen (secondary N) is 2. The summed E-state index contributed by atoms with van der Waals surface area (Å²) in [4.78, 5) is 21.4. The molecule has 2 saturated heterocycles. The van der Waals surface area contributed by atoms with Crippen molar-refractivity contribution in [2.45, 2.75) is 18.5 Å². The van der Waals surface area contributed by atoms with E-state index >= 15 is 0 Å². The minimum absolute atomic E-state index is 0.255. The van der Waals surface area contributed by atoms with E-state index in [0.29, 0.717) is 28.9 Å². The van der Waals surface area contributed by atoms with Crippen LogP contribution in [0.1, 0.15) is 16.1 Å².